The standard InChI is InChI=1S/C11H12N6O/c1-6-7(2)16-17-11(14-6)15-10(18)9-8(12)4-3-5-13-9/h3-5H,12H2,1-2H3,(H,14,15,17,18). The van der Waals surface area contributed by atoms with Gasteiger partial charge in [0.2, 0.25) is 5.95 Å². The molecule has 2 aromatic heterocycles. The number of nitrogen functional groups attached to an aromatic ring is 1. The van der Waals surface area contributed by atoms with Crippen LogP contribution in [0.2, 0.25) is 0 Å². The van der Waals surface area contributed by atoms with E-state index in [9.17, 15) is 4.79 Å². The normalized spacial score (nSPS) is 10.1. The van der Waals surface area contributed by atoms with Crippen LogP contribution in [0.15, 0.2) is 18.3 Å². The van der Waals surface area contributed by atoms with E-state index in [0.29, 0.717) is 17.1 Å². The number of nitrogens with zero attached hydrogens (tertiary/aromatic N) is 4. The number of aryl methyl sites for hydroxylation is 2. The number of amides is 1. The Morgan fingerprint density at radius 1 is 1.28 bits per heavy atom. The maximum absolute atomic E-state index is 11.9. The van der Waals surface area contributed by atoms with Crippen LogP contribution >= 0.6 is 0 Å². The molecule has 0 unspecified atom stereocenters. The van der Waals surface area contributed by atoms with E-state index in [0.717, 1.165) is 0 Å². The molecule has 2 heterocycles. The average Bonchev–Trinajstić information content (AvgIpc) is 2.34. The van der Waals surface area contributed by atoms with Gasteiger partial charge in [0, 0.05) is 6.20 Å². The van der Waals surface area contributed by atoms with Gasteiger partial charge < -0.3 is 5.73 Å². The van der Waals surface area contributed by atoms with Gasteiger partial charge in [-0.25, -0.2) is 9.97 Å². The molecule has 0 saturated heterocycles. The summed E-state index contributed by atoms with van der Waals surface area (Å²) in [5.74, 6) is -0.327. The van der Waals surface area contributed by atoms with Crippen LogP contribution in [0, 0.1) is 13.8 Å². The number of anilines is 2. The topological polar surface area (TPSA) is 107 Å². The number of pyridine rings is 1. The number of aromatic nitrogens is 4. The van der Waals surface area contributed by atoms with Crippen molar-refractivity contribution in [2.75, 3.05) is 11.1 Å². The molecule has 0 saturated carbocycles. The molecule has 0 aliphatic heterocycles. The van der Waals surface area contributed by atoms with E-state index < -0.39 is 5.91 Å². The van der Waals surface area contributed by atoms with Gasteiger partial charge >= 0.3 is 0 Å². The molecular formula is C11H12N6O. The lowest BCUT2D eigenvalue weighted by molar-refractivity contribution is 0.102. The van der Waals surface area contributed by atoms with Crippen LogP contribution in [0.25, 0.3) is 0 Å². The lowest BCUT2D eigenvalue weighted by Crippen LogP contribution is -2.18. The summed E-state index contributed by atoms with van der Waals surface area (Å²) in [6, 6.07) is 3.25. The molecule has 0 atom stereocenters. The van der Waals surface area contributed by atoms with Crippen molar-refractivity contribution >= 4 is 17.5 Å². The maximum Gasteiger partial charge on any atom is 0.278 e. The van der Waals surface area contributed by atoms with E-state index in [1.807, 2.05) is 0 Å². The highest BCUT2D eigenvalue weighted by molar-refractivity contribution is 6.05. The van der Waals surface area contributed by atoms with E-state index >= 15 is 0 Å². The smallest absolute Gasteiger partial charge is 0.278 e. The van der Waals surface area contributed by atoms with Gasteiger partial charge in [-0.1, -0.05) is 0 Å². The van der Waals surface area contributed by atoms with Crippen LogP contribution in [0.4, 0.5) is 11.6 Å². The SMILES string of the molecule is Cc1nnc(NC(=O)c2ncccc2N)nc1C. The third-order valence-electron chi connectivity index (χ3n) is 2.37. The quantitative estimate of drug-likeness (QED) is 0.806. The highest BCUT2D eigenvalue weighted by atomic mass is 16.2. The highest BCUT2D eigenvalue weighted by Crippen LogP contribution is 2.09. The first-order valence-electron chi connectivity index (χ1n) is 5.27. The Morgan fingerprint density at radius 2 is 2.06 bits per heavy atom. The van der Waals surface area contributed by atoms with Gasteiger partial charge in [0.25, 0.3) is 5.91 Å². The molecule has 3 N–H and O–H groups in total. The number of hydrogen-bond acceptors (Lipinski definition) is 6. The van der Waals surface area contributed by atoms with Crippen molar-refractivity contribution in [2.45, 2.75) is 13.8 Å². The van der Waals surface area contributed by atoms with Gasteiger partial charge in [-0.15, -0.1) is 5.10 Å². The number of rotatable bonds is 2. The van der Waals surface area contributed by atoms with Crippen LogP contribution in [0.1, 0.15) is 21.9 Å². The van der Waals surface area contributed by atoms with Crippen molar-refractivity contribution < 1.29 is 4.79 Å². The Kier molecular flexibility index (Phi) is 3.13. The third kappa shape index (κ3) is 2.40. The zero-order valence-electron chi connectivity index (χ0n) is 10.0. The molecule has 18 heavy (non-hydrogen) atoms. The van der Waals surface area contributed by atoms with E-state index in [1.165, 1.54) is 6.20 Å². The molecule has 0 bridgehead atoms. The second-order valence-corrected chi connectivity index (χ2v) is 3.70. The minimum atomic E-state index is -0.460. The molecule has 0 radical (unpaired) electrons. The Balaban J connectivity index is 2.22. The van der Waals surface area contributed by atoms with Crippen molar-refractivity contribution in [1.82, 2.24) is 20.2 Å². The van der Waals surface area contributed by atoms with Crippen molar-refractivity contribution in [3.05, 3.63) is 35.4 Å². The molecule has 0 aliphatic rings. The fourth-order valence-corrected chi connectivity index (χ4v) is 1.28. The Hall–Kier alpha value is -2.57. The minimum absolute atomic E-state index is 0.133. The van der Waals surface area contributed by atoms with Crippen molar-refractivity contribution in [1.29, 1.82) is 0 Å². The van der Waals surface area contributed by atoms with Crippen LogP contribution in [0.3, 0.4) is 0 Å². The molecule has 7 nitrogen and oxygen atoms in total. The average molecular weight is 244 g/mol. The first kappa shape index (κ1) is 11.9. The zero-order chi connectivity index (χ0) is 13.1. The summed E-state index contributed by atoms with van der Waals surface area (Å²) in [7, 11) is 0. The molecule has 7 heteroatoms. The van der Waals surface area contributed by atoms with Crippen LogP contribution < -0.4 is 11.1 Å². The first-order chi connectivity index (χ1) is 8.58. The zero-order valence-corrected chi connectivity index (χ0v) is 10.0. The maximum atomic E-state index is 11.9. The highest BCUT2D eigenvalue weighted by Gasteiger charge is 2.13. The van der Waals surface area contributed by atoms with E-state index in [-0.39, 0.29) is 11.6 Å². The lowest BCUT2D eigenvalue weighted by Gasteiger charge is -2.05. The molecule has 2 aromatic rings. The van der Waals surface area contributed by atoms with E-state index in [2.05, 4.69) is 25.5 Å². The molecule has 2 rings (SSSR count). The number of carbonyl (C=O) groups is 1. The van der Waals surface area contributed by atoms with Gasteiger partial charge in [-0.3, -0.25) is 10.1 Å². The van der Waals surface area contributed by atoms with E-state index in [4.69, 9.17) is 5.73 Å². The molecule has 0 spiro atoms. The minimum Gasteiger partial charge on any atom is -0.397 e. The first-order valence-corrected chi connectivity index (χ1v) is 5.27. The second kappa shape index (κ2) is 4.74. The summed E-state index contributed by atoms with van der Waals surface area (Å²) in [4.78, 5) is 19.9. The molecular weight excluding hydrogens is 232 g/mol. The molecule has 0 aliphatic carbocycles. The van der Waals surface area contributed by atoms with Crippen molar-refractivity contribution in [3.63, 3.8) is 0 Å². The summed E-state index contributed by atoms with van der Waals surface area (Å²) in [5, 5.41) is 10.1. The number of nitrogens with one attached hydrogen (secondary N) is 1. The summed E-state index contributed by atoms with van der Waals surface area (Å²) in [6.45, 7) is 3.58. The second-order valence-electron chi connectivity index (χ2n) is 3.70. The predicted octanol–water partition coefficient (Wildman–Crippen LogP) is 0.718. The molecule has 0 aromatic carbocycles. The monoisotopic (exact) mass is 244 g/mol. The van der Waals surface area contributed by atoms with Crippen molar-refractivity contribution in [2.24, 2.45) is 0 Å². The van der Waals surface area contributed by atoms with Gasteiger partial charge in [0.1, 0.15) is 0 Å². The number of hydrogen-bond donors (Lipinski definition) is 2. The molecule has 1 amide bonds. The summed E-state index contributed by atoms with van der Waals surface area (Å²) in [5.41, 5.74) is 7.50. The van der Waals surface area contributed by atoms with Crippen LogP contribution in [-0.4, -0.2) is 26.1 Å². The Labute approximate surface area is 103 Å². The van der Waals surface area contributed by atoms with Crippen molar-refractivity contribution in [3.8, 4) is 0 Å². The molecule has 0 fully saturated rings. The Morgan fingerprint density at radius 3 is 2.72 bits per heavy atom. The number of nitrogens with two attached hydrogens (primary N) is 1. The fraction of sp³-hybridized carbons (Fsp3) is 0.182. The predicted molar refractivity (Wildman–Crippen MR) is 65.9 cm³/mol. The largest absolute Gasteiger partial charge is 0.397 e. The summed E-state index contributed by atoms with van der Waals surface area (Å²) in [6.07, 6.45) is 1.49. The summed E-state index contributed by atoms with van der Waals surface area (Å²) >= 11 is 0. The van der Waals surface area contributed by atoms with E-state index in [1.54, 1.807) is 26.0 Å². The third-order valence-corrected chi connectivity index (χ3v) is 2.37. The van der Waals surface area contributed by atoms with Crippen LogP contribution in [-0.2, 0) is 0 Å². The van der Waals surface area contributed by atoms with Gasteiger partial charge in [-0.05, 0) is 26.0 Å². The van der Waals surface area contributed by atoms with Gasteiger partial charge in [-0.2, -0.15) is 5.10 Å². The van der Waals surface area contributed by atoms with Crippen LogP contribution in [0.5, 0.6) is 0 Å². The fourth-order valence-electron chi connectivity index (χ4n) is 1.28. The van der Waals surface area contributed by atoms with Gasteiger partial charge in [0.05, 0.1) is 17.1 Å². The Bertz CT molecular complexity index is 598. The molecule has 92 valence electrons. The number of carbonyl (C=O) groups excluding carboxylic acids is 1. The van der Waals surface area contributed by atoms with Gasteiger partial charge in [0.15, 0.2) is 5.69 Å². The summed E-state index contributed by atoms with van der Waals surface area (Å²) < 4.78 is 0. The lowest BCUT2D eigenvalue weighted by atomic mass is 10.3.